The zero-order chi connectivity index (χ0) is 12.0. The minimum Gasteiger partial charge on any atom is -0.467 e. The zero-order valence-corrected chi connectivity index (χ0v) is 10.0. The Kier molecular flexibility index (Phi) is 4.71. The standard InChI is InChI=1S/C9H17N5O2/c1-10-7-11-8(15-4)13-9(12-7)16-6-5-14(2)3/h5-6H2,1-4H3,(H,10,11,12,13). The molecule has 1 N–H and O–H groups in total. The number of nitrogens with zero attached hydrogens (tertiary/aromatic N) is 4. The van der Waals surface area contributed by atoms with Crippen molar-refractivity contribution in [1.29, 1.82) is 0 Å². The normalized spacial score (nSPS) is 10.3. The summed E-state index contributed by atoms with van der Waals surface area (Å²) < 4.78 is 10.3. The molecule has 1 heterocycles. The van der Waals surface area contributed by atoms with Gasteiger partial charge in [0.2, 0.25) is 5.95 Å². The summed E-state index contributed by atoms with van der Waals surface area (Å²) in [6.07, 6.45) is 0. The first kappa shape index (κ1) is 12.4. The molecule has 7 nitrogen and oxygen atoms in total. The Bertz CT molecular complexity index is 309. The van der Waals surface area contributed by atoms with Crippen molar-refractivity contribution in [1.82, 2.24) is 19.9 Å². The van der Waals surface area contributed by atoms with Crippen molar-refractivity contribution in [2.45, 2.75) is 0 Å². The topological polar surface area (TPSA) is 72.4 Å². The van der Waals surface area contributed by atoms with E-state index in [1.165, 1.54) is 7.11 Å². The number of aromatic nitrogens is 3. The molecule has 0 saturated heterocycles. The molecule has 0 saturated carbocycles. The van der Waals surface area contributed by atoms with Gasteiger partial charge in [-0.1, -0.05) is 0 Å². The van der Waals surface area contributed by atoms with Gasteiger partial charge in [-0.05, 0) is 14.1 Å². The van der Waals surface area contributed by atoms with Crippen molar-refractivity contribution in [3.05, 3.63) is 0 Å². The van der Waals surface area contributed by atoms with E-state index < -0.39 is 0 Å². The number of anilines is 1. The van der Waals surface area contributed by atoms with Crippen LogP contribution in [0.15, 0.2) is 0 Å². The van der Waals surface area contributed by atoms with Gasteiger partial charge in [0.25, 0.3) is 0 Å². The molecule has 0 amide bonds. The highest BCUT2D eigenvalue weighted by molar-refractivity contribution is 5.26. The summed E-state index contributed by atoms with van der Waals surface area (Å²) in [6, 6.07) is 0.497. The van der Waals surface area contributed by atoms with Crippen LogP contribution in [-0.4, -0.2) is 61.3 Å². The van der Waals surface area contributed by atoms with Crippen LogP contribution in [0.25, 0.3) is 0 Å². The fourth-order valence-corrected chi connectivity index (χ4v) is 0.925. The molecule has 0 fully saturated rings. The number of likely N-dealkylation sites (N-methyl/N-ethyl adjacent to an activating group) is 1. The van der Waals surface area contributed by atoms with Crippen molar-refractivity contribution in [3.8, 4) is 12.0 Å². The van der Waals surface area contributed by atoms with Crippen LogP contribution in [0, 0.1) is 0 Å². The monoisotopic (exact) mass is 227 g/mol. The summed E-state index contributed by atoms with van der Waals surface area (Å²) in [5.41, 5.74) is 0. The Hall–Kier alpha value is -1.63. The van der Waals surface area contributed by atoms with Gasteiger partial charge < -0.3 is 19.7 Å². The van der Waals surface area contributed by atoms with Crippen LogP contribution in [0.4, 0.5) is 5.95 Å². The van der Waals surface area contributed by atoms with Gasteiger partial charge in [0.1, 0.15) is 6.61 Å². The van der Waals surface area contributed by atoms with E-state index in [4.69, 9.17) is 9.47 Å². The van der Waals surface area contributed by atoms with Crippen LogP contribution >= 0.6 is 0 Å². The largest absolute Gasteiger partial charge is 0.467 e. The minimum atomic E-state index is 0.235. The number of hydrogen-bond donors (Lipinski definition) is 1. The van der Waals surface area contributed by atoms with Gasteiger partial charge in [0.05, 0.1) is 7.11 Å². The Balaban J connectivity index is 2.64. The van der Waals surface area contributed by atoms with Crippen molar-refractivity contribution in [3.63, 3.8) is 0 Å². The molecule has 0 radical (unpaired) electrons. The highest BCUT2D eigenvalue weighted by Gasteiger charge is 2.06. The third-order valence-corrected chi connectivity index (χ3v) is 1.77. The lowest BCUT2D eigenvalue weighted by molar-refractivity contribution is 0.240. The molecule has 0 bridgehead atoms. The van der Waals surface area contributed by atoms with E-state index in [1.807, 2.05) is 19.0 Å². The van der Waals surface area contributed by atoms with Crippen LogP contribution in [-0.2, 0) is 0 Å². The first-order valence-electron chi connectivity index (χ1n) is 4.91. The highest BCUT2D eigenvalue weighted by atomic mass is 16.5. The second-order valence-electron chi connectivity index (χ2n) is 3.33. The molecule has 1 aromatic rings. The first-order chi connectivity index (χ1) is 7.65. The molecule has 1 rings (SSSR count). The van der Waals surface area contributed by atoms with Gasteiger partial charge in [0.15, 0.2) is 0 Å². The number of nitrogens with one attached hydrogen (secondary N) is 1. The molecule has 0 aliphatic carbocycles. The van der Waals surface area contributed by atoms with E-state index in [2.05, 4.69) is 20.3 Å². The van der Waals surface area contributed by atoms with Gasteiger partial charge in [-0.2, -0.15) is 9.97 Å². The van der Waals surface area contributed by atoms with Crippen molar-refractivity contribution < 1.29 is 9.47 Å². The summed E-state index contributed by atoms with van der Waals surface area (Å²) in [6.45, 7) is 1.31. The van der Waals surface area contributed by atoms with E-state index in [-0.39, 0.29) is 12.0 Å². The van der Waals surface area contributed by atoms with Crippen molar-refractivity contribution in [2.24, 2.45) is 0 Å². The molecular weight excluding hydrogens is 210 g/mol. The van der Waals surface area contributed by atoms with E-state index in [9.17, 15) is 0 Å². The molecule has 0 unspecified atom stereocenters. The van der Waals surface area contributed by atoms with E-state index in [0.717, 1.165) is 6.54 Å². The summed E-state index contributed by atoms with van der Waals surface area (Å²) in [5.74, 6) is 0.423. The Morgan fingerprint density at radius 1 is 1.19 bits per heavy atom. The molecule has 0 aromatic carbocycles. The number of rotatable bonds is 6. The minimum absolute atomic E-state index is 0.235. The summed E-state index contributed by atoms with van der Waals surface area (Å²) in [4.78, 5) is 14.0. The van der Waals surface area contributed by atoms with E-state index in [0.29, 0.717) is 12.6 Å². The maximum absolute atomic E-state index is 5.38. The second-order valence-corrected chi connectivity index (χ2v) is 3.33. The second kappa shape index (κ2) is 6.06. The molecule has 0 atom stereocenters. The average Bonchev–Trinajstić information content (AvgIpc) is 2.28. The predicted octanol–water partition coefficient (Wildman–Crippen LogP) is -0.138. The smallest absolute Gasteiger partial charge is 0.324 e. The zero-order valence-electron chi connectivity index (χ0n) is 10.0. The van der Waals surface area contributed by atoms with Gasteiger partial charge in [-0.15, -0.1) is 4.98 Å². The molecule has 0 spiro atoms. The fourth-order valence-electron chi connectivity index (χ4n) is 0.925. The van der Waals surface area contributed by atoms with Crippen molar-refractivity contribution >= 4 is 5.95 Å². The molecule has 90 valence electrons. The molecule has 0 aliphatic rings. The van der Waals surface area contributed by atoms with Crippen LogP contribution in [0.5, 0.6) is 12.0 Å². The van der Waals surface area contributed by atoms with Gasteiger partial charge in [-0.25, -0.2) is 0 Å². The van der Waals surface area contributed by atoms with E-state index in [1.54, 1.807) is 7.05 Å². The molecule has 0 aliphatic heterocycles. The first-order valence-corrected chi connectivity index (χ1v) is 4.91. The predicted molar refractivity (Wildman–Crippen MR) is 60.0 cm³/mol. The summed E-state index contributed by atoms with van der Waals surface area (Å²) >= 11 is 0. The Morgan fingerprint density at radius 2 is 1.88 bits per heavy atom. The maximum Gasteiger partial charge on any atom is 0.324 e. The number of ether oxygens (including phenoxy) is 2. The van der Waals surface area contributed by atoms with Crippen LogP contribution in [0.2, 0.25) is 0 Å². The average molecular weight is 227 g/mol. The van der Waals surface area contributed by atoms with Crippen molar-refractivity contribution in [2.75, 3.05) is 46.7 Å². The quantitative estimate of drug-likeness (QED) is 0.725. The van der Waals surface area contributed by atoms with Gasteiger partial charge in [0, 0.05) is 13.6 Å². The van der Waals surface area contributed by atoms with E-state index >= 15 is 0 Å². The molecule has 7 heteroatoms. The molecular formula is C9H17N5O2. The lowest BCUT2D eigenvalue weighted by Crippen LogP contribution is -2.20. The fraction of sp³-hybridized carbons (Fsp3) is 0.667. The summed E-state index contributed by atoms with van der Waals surface area (Å²) in [5, 5.41) is 2.81. The molecule has 16 heavy (non-hydrogen) atoms. The third-order valence-electron chi connectivity index (χ3n) is 1.77. The number of hydrogen-bond acceptors (Lipinski definition) is 7. The SMILES string of the molecule is CNc1nc(OC)nc(OCCN(C)C)n1. The van der Waals surface area contributed by atoms with Crippen LogP contribution < -0.4 is 14.8 Å². The van der Waals surface area contributed by atoms with Gasteiger partial charge >= 0.3 is 12.0 Å². The highest BCUT2D eigenvalue weighted by Crippen LogP contribution is 2.11. The van der Waals surface area contributed by atoms with Crippen LogP contribution in [0.1, 0.15) is 0 Å². The maximum atomic E-state index is 5.38. The third kappa shape index (κ3) is 3.85. The Labute approximate surface area is 94.8 Å². The van der Waals surface area contributed by atoms with Gasteiger partial charge in [-0.3, -0.25) is 0 Å². The molecule has 1 aromatic heterocycles. The lowest BCUT2D eigenvalue weighted by Gasteiger charge is -2.10. The lowest BCUT2D eigenvalue weighted by atomic mass is 10.6. The Morgan fingerprint density at radius 3 is 2.44 bits per heavy atom. The summed E-state index contributed by atoms with van der Waals surface area (Å²) in [7, 11) is 7.16. The number of methoxy groups -OCH3 is 1. The van der Waals surface area contributed by atoms with Crippen LogP contribution in [0.3, 0.4) is 0 Å².